The van der Waals surface area contributed by atoms with E-state index in [1.165, 1.54) is 0 Å². The molecule has 0 aliphatic carbocycles. The number of hydrogen-bond acceptors (Lipinski definition) is 3. The van der Waals surface area contributed by atoms with E-state index in [0.29, 0.717) is 0 Å². The molecule has 1 fully saturated rings. The minimum atomic E-state index is -1.47. The van der Waals surface area contributed by atoms with Crippen LogP contribution in [0.4, 0.5) is 0 Å². The van der Waals surface area contributed by atoms with Gasteiger partial charge in [-0.25, -0.2) is 0 Å². The molecule has 0 atom stereocenters. The molecule has 3 nitrogen and oxygen atoms in total. The fourth-order valence-corrected chi connectivity index (χ4v) is 20.9. The molecule has 1 saturated heterocycles. The SMILES string of the molecule is C[Si](C)(C)N1B(Br)N([Si](C)(C)C)B(Br)N([Si](C)(C)C)B1Br. The van der Waals surface area contributed by atoms with Crippen molar-refractivity contribution in [1.82, 2.24) is 13.2 Å². The van der Waals surface area contributed by atoms with Gasteiger partial charge in [0, 0.05) is 0 Å². The predicted octanol–water partition coefficient (Wildman–Crippen LogP) is 4.55. The summed E-state index contributed by atoms with van der Waals surface area (Å²) in [5, 5.41) is 0. The lowest BCUT2D eigenvalue weighted by atomic mass is 9.83. The highest BCUT2D eigenvalue weighted by molar-refractivity contribution is 9.27. The summed E-state index contributed by atoms with van der Waals surface area (Å²) in [5.74, 6) is 0.867. The molecule has 1 heterocycles. The Labute approximate surface area is 160 Å². The van der Waals surface area contributed by atoms with Gasteiger partial charge in [0.1, 0.15) is 24.7 Å². The average molecular weight is 534 g/mol. The van der Waals surface area contributed by atoms with Crippen LogP contribution in [0.1, 0.15) is 0 Å². The first-order valence-corrected chi connectivity index (χ1v) is 20.5. The largest absolute Gasteiger partial charge is 0.361 e. The molecule has 0 spiro atoms. The summed E-state index contributed by atoms with van der Waals surface area (Å²) in [5.41, 5.74) is 0. The molecule has 0 aromatic rings. The van der Waals surface area contributed by atoms with Gasteiger partial charge in [0.05, 0.1) is 0 Å². The Bertz CT molecular complexity index is 319. The second-order valence-corrected chi connectivity index (χ2v) is 25.7. The first-order valence-electron chi connectivity index (χ1n) is 7.37. The molecule has 12 heteroatoms. The molecular formula is C9H27B3Br3N3Si3. The number of hydrogen-bond donors (Lipinski definition) is 0. The van der Waals surface area contributed by atoms with Crippen LogP contribution in [0.2, 0.25) is 58.9 Å². The van der Waals surface area contributed by atoms with Crippen molar-refractivity contribution in [2.75, 3.05) is 0 Å². The lowest BCUT2D eigenvalue weighted by Crippen LogP contribution is -2.83. The van der Waals surface area contributed by atoms with Gasteiger partial charge < -0.3 is 13.2 Å². The Morgan fingerprint density at radius 3 is 0.714 bits per heavy atom. The topological polar surface area (TPSA) is 9.72 Å². The van der Waals surface area contributed by atoms with Gasteiger partial charge in [0.15, 0.2) is 0 Å². The van der Waals surface area contributed by atoms with Gasteiger partial charge in [0.25, 0.3) is 0 Å². The quantitative estimate of drug-likeness (QED) is 0.493. The van der Waals surface area contributed by atoms with Crippen molar-refractivity contribution in [2.45, 2.75) is 58.9 Å². The average Bonchev–Trinajstić information content (AvgIpc) is 2.07. The zero-order valence-electron chi connectivity index (χ0n) is 14.7. The summed E-state index contributed by atoms with van der Waals surface area (Å²) in [6.45, 7) is 21.8. The Hall–Kier alpha value is 2.17. The van der Waals surface area contributed by atoms with Crippen LogP contribution in [0.15, 0.2) is 0 Å². The minimum Gasteiger partial charge on any atom is -0.361 e. The molecule has 1 aliphatic rings. The highest BCUT2D eigenvalue weighted by Crippen LogP contribution is 2.37. The number of rotatable bonds is 3. The van der Waals surface area contributed by atoms with Gasteiger partial charge in [-0.05, 0) is 0 Å². The van der Waals surface area contributed by atoms with Crippen LogP contribution < -0.4 is 0 Å². The zero-order chi connectivity index (χ0) is 17.0. The summed E-state index contributed by atoms with van der Waals surface area (Å²) in [6.07, 6.45) is 0. The maximum Gasteiger partial charge on any atom is 0.357 e. The van der Waals surface area contributed by atoms with E-state index in [4.69, 9.17) is 0 Å². The van der Waals surface area contributed by atoms with Crippen LogP contribution in [0.25, 0.3) is 0 Å². The molecule has 1 rings (SSSR count). The van der Waals surface area contributed by atoms with Gasteiger partial charge in [-0.3, -0.25) is 0 Å². The van der Waals surface area contributed by atoms with Crippen LogP contribution >= 0.6 is 47.3 Å². The molecule has 0 bridgehead atoms. The number of nitrogens with zero attached hydrogens (tertiary/aromatic N) is 3. The molecule has 0 N–H and O–H groups in total. The lowest BCUT2D eigenvalue weighted by molar-refractivity contribution is 0.738. The molecule has 0 radical (unpaired) electrons. The van der Waals surface area contributed by atoms with Crippen molar-refractivity contribution in [3.8, 4) is 0 Å². The van der Waals surface area contributed by atoms with Crippen LogP contribution in [0.3, 0.4) is 0 Å². The van der Waals surface area contributed by atoms with Crippen molar-refractivity contribution < 1.29 is 0 Å². The predicted molar refractivity (Wildman–Crippen MR) is 120 cm³/mol. The van der Waals surface area contributed by atoms with Crippen LogP contribution in [0, 0.1) is 0 Å². The van der Waals surface area contributed by atoms with E-state index < -0.39 is 24.7 Å². The summed E-state index contributed by atoms with van der Waals surface area (Å²) in [6, 6.07) is 0. The Kier molecular flexibility index (Phi) is 6.88. The summed E-state index contributed by atoms with van der Waals surface area (Å²) in [4.78, 5) is 0. The second kappa shape index (κ2) is 6.82. The molecule has 0 aromatic heterocycles. The van der Waals surface area contributed by atoms with Crippen molar-refractivity contribution in [3.63, 3.8) is 0 Å². The monoisotopic (exact) mass is 531 g/mol. The van der Waals surface area contributed by atoms with Crippen LogP contribution in [0.5, 0.6) is 0 Å². The van der Waals surface area contributed by atoms with E-state index in [0.717, 1.165) is 0 Å². The van der Waals surface area contributed by atoms with Crippen LogP contribution in [-0.2, 0) is 0 Å². The molecule has 0 aromatic carbocycles. The standard InChI is InChI=1S/C9H27B3Br3N3Si3/c1-19(2,3)16-10(13)17(20(4,5)6)12(15)18(11(16)14)21(7,8)9/h1-9H3. The smallest absolute Gasteiger partial charge is 0.357 e. The fourth-order valence-electron chi connectivity index (χ4n) is 2.62. The van der Waals surface area contributed by atoms with Crippen molar-refractivity contribution in [1.29, 1.82) is 0 Å². The fraction of sp³-hybridized carbons (Fsp3) is 1.00. The van der Waals surface area contributed by atoms with Gasteiger partial charge in [-0.1, -0.05) is 58.9 Å². The maximum atomic E-state index is 4.02. The second-order valence-electron chi connectivity index (χ2n) is 8.67. The third-order valence-electron chi connectivity index (χ3n) is 3.70. The Balaban J connectivity index is 3.38. The first-order chi connectivity index (χ1) is 9.10. The zero-order valence-corrected chi connectivity index (χ0v) is 22.5. The summed E-state index contributed by atoms with van der Waals surface area (Å²) >= 11 is 12.1. The third kappa shape index (κ3) is 4.62. The summed E-state index contributed by atoms with van der Waals surface area (Å²) in [7, 11) is -4.42. The van der Waals surface area contributed by atoms with Gasteiger partial charge in [-0.15, -0.1) is 47.3 Å². The molecular weight excluding hydrogens is 507 g/mol. The number of halogens is 3. The van der Waals surface area contributed by atoms with Gasteiger partial charge >= 0.3 is 17.4 Å². The van der Waals surface area contributed by atoms with Crippen molar-refractivity contribution in [3.05, 3.63) is 0 Å². The Morgan fingerprint density at radius 1 is 0.476 bits per heavy atom. The molecule has 21 heavy (non-hydrogen) atoms. The normalized spacial score (nSPS) is 21.4. The van der Waals surface area contributed by atoms with E-state index in [9.17, 15) is 0 Å². The van der Waals surface area contributed by atoms with Gasteiger partial charge in [0.2, 0.25) is 0 Å². The third-order valence-corrected chi connectivity index (χ3v) is 14.7. The van der Waals surface area contributed by atoms with E-state index in [2.05, 4.69) is 119 Å². The van der Waals surface area contributed by atoms with E-state index in [-0.39, 0.29) is 17.4 Å². The lowest BCUT2D eigenvalue weighted by Gasteiger charge is -2.59. The molecule has 1 aliphatic heterocycles. The highest BCUT2D eigenvalue weighted by atomic mass is 79.9. The highest BCUT2D eigenvalue weighted by Gasteiger charge is 2.58. The van der Waals surface area contributed by atoms with Crippen LogP contribution in [-0.4, -0.2) is 55.3 Å². The molecule has 0 amide bonds. The summed E-state index contributed by atoms with van der Waals surface area (Å²) < 4.78 is 8.00. The van der Waals surface area contributed by atoms with Crippen molar-refractivity contribution in [2.24, 2.45) is 0 Å². The Morgan fingerprint density at radius 2 is 0.619 bits per heavy atom. The van der Waals surface area contributed by atoms with E-state index in [1.54, 1.807) is 0 Å². The molecule has 0 saturated carbocycles. The maximum absolute atomic E-state index is 4.02. The first kappa shape index (κ1) is 21.2. The van der Waals surface area contributed by atoms with Gasteiger partial charge in [-0.2, -0.15) is 0 Å². The van der Waals surface area contributed by atoms with E-state index in [1.807, 2.05) is 0 Å². The molecule has 0 unspecified atom stereocenters. The van der Waals surface area contributed by atoms with E-state index >= 15 is 0 Å². The van der Waals surface area contributed by atoms with Crippen molar-refractivity contribution >= 4 is 89.4 Å². The molecule has 120 valence electrons. The minimum absolute atomic E-state index is 0.289.